The summed E-state index contributed by atoms with van der Waals surface area (Å²) in [4.78, 5) is 66.4. The van der Waals surface area contributed by atoms with Crippen LogP contribution < -0.4 is 21.7 Å². The van der Waals surface area contributed by atoms with E-state index >= 15 is 0 Å². The number of halogens is 1. The smallest absolute Gasteiger partial charge is 0.258 e. The van der Waals surface area contributed by atoms with E-state index in [0.717, 1.165) is 6.42 Å². The lowest BCUT2D eigenvalue weighted by molar-refractivity contribution is -0.146. The molecule has 3 aliphatic carbocycles. The second kappa shape index (κ2) is 9.34. The Hall–Kier alpha value is -2.98. The number of alkyl halides is 1. The van der Waals surface area contributed by atoms with Crippen molar-refractivity contribution in [1.82, 2.24) is 20.9 Å². The van der Waals surface area contributed by atoms with Crippen molar-refractivity contribution in [3.8, 4) is 0 Å². The summed E-state index contributed by atoms with van der Waals surface area (Å²) in [6.07, 6.45) is 6.05. The molecule has 10 nitrogen and oxygen atoms in total. The SMILES string of the molecule is CC(C)(C)[C@H](NC(=O)C1(F)CC1)C(=O)N1C[C@H]2[C@@H]([C@H]1C(=O)N[C@@H](C[C@@H]1CCNC1=O)C(N)=O)[C@H]1C=C[C@@H]2C1. The maximum absolute atomic E-state index is 14.5. The van der Waals surface area contributed by atoms with E-state index in [-0.39, 0.29) is 48.8 Å². The van der Waals surface area contributed by atoms with Crippen LogP contribution in [0.25, 0.3) is 0 Å². The highest BCUT2D eigenvalue weighted by Crippen LogP contribution is 2.54. The molecule has 2 saturated heterocycles. The van der Waals surface area contributed by atoms with Gasteiger partial charge in [0.15, 0.2) is 5.67 Å². The number of amides is 5. The fraction of sp³-hybridized carbons (Fsp3) is 0.741. The first-order valence-corrected chi connectivity index (χ1v) is 13.7. The van der Waals surface area contributed by atoms with E-state index in [1.54, 1.807) is 20.8 Å². The predicted molar refractivity (Wildman–Crippen MR) is 135 cm³/mol. The van der Waals surface area contributed by atoms with Gasteiger partial charge in [-0.3, -0.25) is 24.0 Å². The maximum Gasteiger partial charge on any atom is 0.258 e. The highest BCUT2D eigenvalue weighted by molar-refractivity contribution is 5.97. The molecular weight excluding hydrogens is 493 g/mol. The molecule has 5 aliphatic rings. The molecule has 0 aromatic heterocycles. The summed E-state index contributed by atoms with van der Waals surface area (Å²) in [5.41, 5.74) is 2.94. The number of fused-ring (bicyclic) bond motifs is 5. The van der Waals surface area contributed by atoms with Crippen LogP contribution in [0.15, 0.2) is 12.2 Å². The number of rotatable bonds is 8. The van der Waals surface area contributed by atoms with Crippen LogP contribution in [0, 0.1) is 35.0 Å². The first-order valence-electron chi connectivity index (χ1n) is 13.7. The molecule has 11 heteroatoms. The Morgan fingerprint density at radius 1 is 1.18 bits per heavy atom. The summed E-state index contributed by atoms with van der Waals surface area (Å²) in [6.45, 7) is 6.22. The zero-order chi connectivity index (χ0) is 27.6. The van der Waals surface area contributed by atoms with Gasteiger partial charge in [0.25, 0.3) is 5.91 Å². The Morgan fingerprint density at radius 3 is 2.45 bits per heavy atom. The Labute approximate surface area is 221 Å². The molecule has 0 aromatic carbocycles. The number of nitrogens with two attached hydrogens (primary N) is 1. The van der Waals surface area contributed by atoms with Crippen LogP contribution in [0.1, 0.15) is 52.9 Å². The Morgan fingerprint density at radius 2 is 1.87 bits per heavy atom. The van der Waals surface area contributed by atoms with Crippen molar-refractivity contribution in [1.29, 1.82) is 0 Å². The van der Waals surface area contributed by atoms with Crippen molar-refractivity contribution in [3.05, 3.63) is 12.2 Å². The number of likely N-dealkylation sites (tertiary alicyclic amines) is 1. The second-order valence-electron chi connectivity index (χ2n) is 12.8. The van der Waals surface area contributed by atoms with E-state index in [4.69, 9.17) is 5.73 Å². The molecule has 0 radical (unpaired) electrons. The molecule has 2 bridgehead atoms. The highest BCUT2D eigenvalue weighted by Gasteiger charge is 2.59. The van der Waals surface area contributed by atoms with Crippen LogP contribution in [-0.2, 0) is 24.0 Å². The lowest BCUT2D eigenvalue weighted by Gasteiger charge is -2.37. The van der Waals surface area contributed by atoms with Gasteiger partial charge < -0.3 is 26.6 Å². The summed E-state index contributed by atoms with van der Waals surface area (Å²) in [5.74, 6) is -2.76. The summed E-state index contributed by atoms with van der Waals surface area (Å²) >= 11 is 0. The molecule has 5 amide bonds. The summed E-state index contributed by atoms with van der Waals surface area (Å²) < 4.78 is 14.5. The van der Waals surface area contributed by atoms with Gasteiger partial charge in [-0.2, -0.15) is 0 Å². The van der Waals surface area contributed by atoms with Crippen molar-refractivity contribution in [2.75, 3.05) is 13.1 Å². The van der Waals surface area contributed by atoms with Crippen molar-refractivity contribution in [3.63, 3.8) is 0 Å². The van der Waals surface area contributed by atoms with Crippen LogP contribution in [0.3, 0.4) is 0 Å². The number of hydrogen-bond acceptors (Lipinski definition) is 5. The fourth-order valence-corrected chi connectivity index (χ4v) is 6.85. The fourth-order valence-electron chi connectivity index (χ4n) is 6.85. The minimum Gasteiger partial charge on any atom is -0.368 e. The Kier molecular flexibility index (Phi) is 6.54. The Balaban J connectivity index is 1.39. The number of nitrogens with one attached hydrogen (secondary N) is 3. The first-order chi connectivity index (χ1) is 17.8. The van der Waals surface area contributed by atoms with Crippen LogP contribution in [0.4, 0.5) is 4.39 Å². The van der Waals surface area contributed by atoms with Gasteiger partial charge in [-0.15, -0.1) is 0 Å². The van der Waals surface area contributed by atoms with Gasteiger partial charge in [-0.05, 0) is 61.2 Å². The quantitative estimate of drug-likeness (QED) is 0.329. The third-order valence-corrected chi connectivity index (χ3v) is 9.18. The molecule has 4 fully saturated rings. The molecular formula is C27H38FN5O5. The molecule has 2 aliphatic heterocycles. The normalized spacial score (nSPS) is 33.9. The van der Waals surface area contributed by atoms with Crippen molar-refractivity contribution in [2.45, 2.75) is 76.7 Å². The lowest BCUT2D eigenvalue weighted by atomic mass is 9.81. The van der Waals surface area contributed by atoms with E-state index < -0.39 is 58.8 Å². The highest BCUT2D eigenvalue weighted by atomic mass is 19.1. The molecule has 2 heterocycles. The van der Waals surface area contributed by atoms with Crippen molar-refractivity contribution >= 4 is 29.5 Å². The second-order valence-corrected chi connectivity index (χ2v) is 12.8. The van der Waals surface area contributed by atoms with Crippen molar-refractivity contribution < 1.29 is 28.4 Å². The summed E-state index contributed by atoms with van der Waals surface area (Å²) in [7, 11) is 0. The monoisotopic (exact) mass is 531 g/mol. The first kappa shape index (κ1) is 26.6. The average Bonchev–Trinajstić information content (AvgIpc) is 3.26. The summed E-state index contributed by atoms with van der Waals surface area (Å²) in [6, 6.07) is -2.95. The molecule has 0 unspecified atom stereocenters. The van der Waals surface area contributed by atoms with Gasteiger partial charge in [-0.25, -0.2) is 4.39 Å². The van der Waals surface area contributed by atoms with E-state index in [9.17, 15) is 28.4 Å². The van der Waals surface area contributed by atoms with E-state index in [0.29, 0.717) is 19.5 Å². The number of carbonyl (C=O) groups is 5. The molecule has 0 aromatic rings. The number of allylic oxidation sites excluding steroid dienone is 2. The van der Waals surface area contributed by atoms with Gasteiger partial charge in [0.1, 0.15) is 18.1 Å². The van der Waals surface area contributed by atoms with E-state index in [2.05, 4.69) is 28.1 Å². The largest absolute Gasteiger partial charge is 0.368 e. The van der Waals surface area contributed by atoms with Crippen LogP contribution in [0.2, 0.25) is 0 Å². The number of hydrogen-bond donors (Lipinski definition) is 4. The topological polar surface area (TPSA) is 151 Å². The third kappa shape index (κ3) is 4.68. The Bertz CT molecular complexity index is 1080. The standard InChI is InChI=1S/C27H38FN5O5/c1-26(2,3)20(32-25(38)27(28)7-8-27)24(37)33-12-16-13-4-5-14(10-13)18(16)19(33)23(36)31-17(21(29)34)11-15-6-9-30-22(15)35/h4-5,13-20H,6-12H2,1-3H3,(H2,29,34)(H,30,35)(H,31,36)(H,32,38)/t13-,14+,15+,16-,17+,18+,19+,20-/m1/s1. The number of primary amides is 1. The van der Waals surface area contributed by atoms with E-state index in [1.807, 2.05) is 0 Å². The van der Waals surface area contributed by atoms with Gasteiger partial charge in [0.2, 0.25) is 23.6 Å². The number of nitrogens with zero attached hydrogens (tertiary/aromatic N) is 1. The maximum atomic E-state index is 14.5. The zero-order valence-corrected chi connectivity index (χ0v) is 22.2. The third-order valence-electron chi connectivity index (χ3n) is 9.18. The molecule has 5 N–H and O–H groups in total. The van der Waals surface area contributed by atoms with Crippen LogP contribution in [0.5, 0.6) is 0 Å². The molecule has 8 atom stereocenters. The number of carbonyl (C=O) groups excluding carboxylic acids is 5. The summed E-state index contributed by atoms with van der Waals surface area (Å²) in [5, 5.41) is 8.12. The van der Waals surface area contributed by atoms with Crippen molar-refractivity contribution in [2.24, 2.45) is 40.7 Å². The lowest BCUT2D eigenvalue weighted by Crippen LogP contribution is -2.61. The average molecular weight is 532 g/mol. The molecule has 2 saturated carbocycles. The van der Waals surface area contributed by atoms with Gasteiger partial charge in [0.05, 0.1) is 0 Å². The van der Waals surface area contributed by atoms with Gasteiger partial charge in [0, 0.05) is 19.0 Å². The minimum absolute atomic E-state index is 0.0737. The molecule has 5 rings (SSSR count). The molecule has 38 heavy (non-hydrogen) atoms. The molecule has 208 valence electrons. The minimum atomic E-state index is -1.94. The zero-order valence-electron chi connectivity index (χ0n) is 22.2. The van der Waals surface area contributed by atoms with Crippen LogP contribution >= 0.6 is 0 Å². The van der Waals surface area contributed by atoms with Crippen LogP contribution in [-0.4, -0.2) is 71.3 Å². The predicted octanol–water partition coefficient (Wildman–Crippen LogP) is 0.165. The van der Waals surface area contributed by atoms with Gasteiger partial charge >= 0.3 is 0 Å². The van der Waals surface area contributed by atoms with E-state index in [1.165, 1.54) is 4.90 Å². The molecule has 0 spiro atoms. The van der Waals surface area contributed by atoms with Gasteiger partial charge in [-0.1, -0.05) is 32.9 Å².